The molecular formula is C22H24BrNO5S. The van der Waals surface area contributed by atoms with Crippen molar-refractivity contribution in [1.82, 2.24) is 4.31 Å². The van der Waals surface area contributed by atoms with Crippen molar-refractivity contribution in [3.05, 3.63) is 58.1 Å². The van der Waals surface area contributed by atoms with Gasteiger partial charge in [0.25, 0.3) is 0 Å². The van der Waals surface area contributed by atoms with E-state index in [1.165, 1.54) is 22.5 Å². The lowest BCUT2D eigenvalue weighted by molar-refractivity contribution is 0.104. The highest BCUT2D eigenvalue weighted by molar-refractivity contribution is 9.10. The summed E-state index contributed by atoms with van der Waals surface area (Å²) in [6.07, 6.45) is 4.89. The normalized spacial score (nSPS) is 14.9. The standard InChI is InChI=1S/C22H24BrNO5S/c1-3-29-22-19(23)14-16(15-21(22)28-2)6-11-20(25)17-7-9-18(10-8-17)30(26,27)24-12-4-5-13-24/h6-11,14-15H,3-5,12-13H2,1-2H3/b11-6+. The minimum absolute atomic E-state index is 0.213. The van der Waals surface area contributed by atoms with Crippen molar-refractivity contribution in [3.8, 4) is 11.5 Å². The summed E-state index contributed by atoms with van der Waals surface area (Å²) in [6, 6.07) is 9.69. The number of ether oxygens (including phenoxy) is 2. The largest absolute Gasteiger partial charge is 0.493 e. The maximum absolute atomic E-state index is 12.6. The van der Waals surface area contributed by atoms with E-state index in [4.69, 9.17) is 9.47 Å². The highest BCUT2D eigenvalue weighted by Gasteiger charge is 2.27. The number of rotatable bonds is 8. The van der Waals surface area contributed by atoms with Crippen LogP contribution in [-0.4, -0.2) is 45.3 Å². The van der Waals surface area contributed by atoms with Gasteiger partial charge in [0.1, 0.15) is 0 Å². The molecular weight excluding hydrogens is 470 g/mol. The van der Waals surface area contributed by atoms with E-state index in [1.807, 2.05) is 13.0 Å². The van der Waals surface area contributed by atoms with Crippen molar-refractivity contribution in [2.75, 3.05) is 26.8 Å². The van der Waals surface area contributed by atoms with Crippen molar-refractivity contribution in [3.63, 3.8) is 0 Å². The molecule has 0 N–H and O–H groups in total. The lowest BCUT2D eigenvalue weighted by Crippen LogP contribution is -2.27. The molecule has 30 heavy (non-hydrogen) atoms. The van der Waals surface area contributed by atoms with Crippen LogP contribution in [0.4, 0.5) is 0 Å². The van der Waals surface area contributed by atoms with Gasteiger partial charge in [-0.3, -0.25) is 4.79 Å². The zero-order chi connectivity index (χ0) is 21.7. The molecule has 1 aliphatic rings. The molecule has 2 aromatic carbocycles. The van der Waals surface area contributed by atoms with Gasteiger partial charge in [-0.1, -0.05) is 6.08 Å². The predicted molar refractivity (Wildman–Crippen MR) is 120 cm³/mol. The Bertz CT molecular complexity index is 1040. The van der Waals surface area contributed by atoms with E-state index in [2.05, 4.69) is 15.9 Å². The highest BCUT2D eigenvalue weighted by Crippen LogP contribution is 2.37. The molecule has 0 radical (unpaired) electrons. The summed E-state index contributed by atoms with van der Waals surface area (Å²) < 4.78 is 38.3. The Morgan fingerprint density at radius 3 is 2.43 bits per heavy atom. The third-order valence-electron chi connectivity index (χ3n) is 4.81. The van der Waals surface area contributed by atoms with Crippen molar-refractivity contribution in [1.29, 1.82) is 0 Å². The fourth-order valence-corrected chi connectivity index (χ4v) is 5.35. The van der Waals surface area contributed by atoms with Crippen LogP contribution in [0.15, 0.2) is 51.8 Å². The first-order chi connectivity index (χ1) is 14.4. The number of hydrogen-bond acceptors (Lipinski definition) is 5. The van der Waals surface area contributed by atoms with Crippen LogP contribution in [0.25, 0.3) is 6.08 Å². The van der Waals surface area contributed by atoms with Gasteiger partial charge in [0, 0.05) is 18.7 Å². The minimum atomic E-state index is -3.48. The van der Waals surface area contributed by atoms with Crippen LogP contribution >= 0.6 is 15.9 Å². The number of benzene rings is 2. The molecule has 1 fully saturated rings. The Balaban J connectivity index is 1.76. The summed E-state index contributed by atoms with van der Waals surface area (Å²) in [4.78, 5) is 12.7. The van der Waals surface area contributed by atoms with Crippen molar-refractivity contribution in [2.45, 2.75) is 24.7 Å². The van der Waals surface area contributed by atoms with Crippen molar-refractivity contribution < 1.29 is 22.7 Å². The Morgan fingerprint density at radius 2 is 1.83 bits per heavy atom. The quantitative estimate of drug-likeness (QED) is 0.398. The summed E-state index contributed by atoms with van der Waals surface area (Å²) in [5.41, 5.74) is 1.19. The SMILES string of the molecule is CCOc1c(Br)cc(/C=C/C(=O)c2ccc(S(=O)(=O)N3CCCC3)cc2)cc1OC. The zero-order valence-electron chi connectivity index (χ0n) is 16.9. The van der Waals surface area contributed by atoms with Crippen molar-refractivity contribution >= 4 is 37.8 Å². The fraction of sp³-hybridized carbons (Fsp3) is 0.318. The molecule has 0 atom stereocenters. The lowest BCUT2D eigenvalue weighted by Gasteiger charge is -2.15. The molecule has 8 heteroatoms. The molecule has 0 spiro atoms. The van der Waals surface area contributed by atoms with E-state index in [0.717, 1.165) is 22.9 Å². The molecule has 0 amide bonds. The topological polar surface area (TPSA) is 72.9 Å². The van der Waals surface area contributed by atoms with Gasteiger partial charge in [-0.05, 0) is 83.7 Å². The lowest BCUT2D eigenvalue weighted by atomic mass is 10.1. The predicted octanol–water partition coefficient (Wildman–Crippen LogP) is 4.54. The van der Waals surface area contributed by atoms with E-state index in [9.17, 15) is 13.2 Å². The highest BCUT2D eigenvalue weighted by atomic mass is 79.9. The summed E-state index contributed by atoms with van der Waals surface area (Å²) in [6.45, 7) is 3.49. The summed E-state index contributed by atoms with van der Waals surface area (Å²) in [5, 5.41) is 0. The number of ketones is 1. The summed E-state index contributed by atoms with van der Waals surface area (Å²) >= 11 is 3.46. The number of carbonyl (C=O) groups is 1. The number of methoxy groups -OCH3 is 1. The Morgan fingerprint density at radius 1 is 1.17 bits per heavy atom. The molecule has 1 aliphatic heterocycles. The molecule has 6 nitrogen and oxygen atoms in total. The van der Waals surface area contributed by atoms with E-state index >= 15 is 0 Å². The molecule has 2 aromatic rings. The average Bonchev–Trinajstić information content (AvgIpc) is 3.29. The average molecular weight is 494 g/mol. The number of hydrogen-bond donors (Lipinski definition) is 0. The maximum atomic E-state index is 12.6. The van der Waals surface area contributed by atoms with Crippen LogP contribution in [0.1, 0.15) is 35.7 Å². The van der Waals surface area contributed by atoms with E-state index in [1.54, 1.807) is 31.4 Å². The van der Waals surface area contributed by atoms with Gasteiger partial charge in [-0.2, -0.15) is 4.31 Å². The van der Waals surface area contributed by atoms with Crippen LogP contribution in [0.2, 0.25) is 0 Å². The fourth-order valence-electron chi connectivity index (χ4n) is 3.26. The molecule has 0 bridgehead atoms. The van der Waals surface area contributed by atoms with E-state index < -0.39 is 10.0 Å². The van der Waals surface area contributed by atoms with E-state index in [-0.39, 0.29) is 10.7 Å². The Kier molecular flexibility index (Phi) is 7.33. The van der Waals surface area contributed by atoms with Crippen LogP contribution in [0.5, 0.6) is 11.5 Å². The number of sulfonamides is 1. The number of nitrogens with zero attached hydrogens (tertiary/aromatic N) is 1. The molecule has 0 aromatic heterocycles. The van der Waals surface area contributed by atoms with E-state index in [0.29, 0.717) is 36.8 Å². The molecule has 0 saturated carbocycles. The summed E-state index contributed by atoms with van der Waals surface area (Å²) in [5.74, 6) is 0.956. The van der Waals surface area contributed by atoms with Crippen LogP contribution in [-0.2, 0) is 10.0 Å². The molecule has 1 heterocycles. The molecule has 3 rings (SSSR count). The zero-order valence-corrected chi connectivity index (χ0v) is 19.3. The molecule has 1 saturated heterocycles. The molecule has 0 aliphatic carbocycles. The molecule has 160 valence electrons. The second kappa shape index (κ2) is 9.76. The Labute approximate surface area is 185 Å². The van der Waals surface area contributed by atoms with Gasteiger partial charge < -0.3 is 9.47 Å². The second-order valence-electron chi connectivity index (χ2n) is 6.80. The van der Waals surface area contributed by atoms with Crippen molar-refractivity contribution in [2.24, 2.45) is 0 Å². The first-order valence-corrected chi connectivity index (χ1v) is 11.9. The smallest absolute Gasteiger partial charge is 0.243 e. The van der Waals surface area contributed by atoms with Crippen LogP contribution in [0.3, 0.4) is 0 Å². The first-order valence-electron chi connectivity index (χ1n) is 9.69. The monoisotopic (exact) mass is 493 g/mol. The van der Waals surface area contributed by atoms with Gasteiger partial charge in [0.15, 0.2) is 17.3 Å². The van der Waals surface area contributed by atoms with Gasteiger partial charge in [0.05, 0.1) is 23.1 Å². The maximum Gasteiger partial charge on any atom is 0.243 e. The Hall–Kier alpha value is -2.16. The van der Waals surface area contributed by atoms with Gasteiger partial charge in [-0.15, -0.1) is 0 Å². The van der Waals surface area contributed by atoms with Gasteiger partial charge in [-0.25, -0.2) is 8.42 Å². The molecule has 0 unspecified atom stereocenters. The first kappa shape index (κ1) is 22.5. The third kappa shape index (κ3) is 4.94. The van der Waals surface area contributed by atoms with Gasteiger partial charge in [0.2, 0.25) is 10.0 Å². The minimum Gasteiger partial charge on any atom is -0.493 e. The van der Waals surface area contributed by atoms with Crippen LogP contribution in [0, 0.1) is 0 Å². The number of allylic oxidation sites excluding steroid dienone is 1. The summed E-state index contributed by atoms with van der Waals surface area (Å²) in [7, 11) is -1.93. The number of carbonyl (C=O) groups excluding carboxylic acids is 1. The van der Waals surface area contributed by atoms with Gasteiger partial charge >= 0.3 is 0 Å². The third-order valence-corrected chi connectivity index (χ3v) is 7.31. The number of halogens is 1. The van der Waals surface area contributed by atoms with Crippen LogP contribution < -0.4 is 9.47 Å². The second-order valence-corrected chi connectivity index (χ2v) is 9.59.